The second-order valence-corrected chi connectivity index (χ2v) is 9.16. The van der Waals surface area contributed by atoms with E-state index in [-0.39, 0.29) is 30.6 Å². The van der Waals surface area contributed by atoms with Gasteiger partial charge in [0.25, 0.3) is 0 Å². The first kappa shape index (κ1) is 30.9. The van der Waals surface area contributed by atoms with Crippen molar-refractivity contribution in [2.24, 2.45) is 22.4 Å². The number of carboxylic acids is 1. The molecule has 1 heterocycles. The summed E-state index contributed by atoms with van der Waals surface area (Å²) in [6.45, 7) is 4.58. The van der Waals surface area contributed by atoms with E-state index in [1.54, 1.807) is 0 Å². The molecule has 0 radical (unpaired) electrons. The highest BCUT2D eigenvalue weighted by atomic mass is 16.4. The van der Waals surface area contributed by atoms with Gasteiger partial charge in [0, 0.05) is 25.4 Å². The number of hydrogen-bond donors (Lipinski definition) is 5. The maximum absolute atomic E-state index is 13.4. The second kappa shape index (κ2) is 16.5. The summed E-state index contributed by atoms with van der Waals surface area (Å²) in [6, 6.07) is -2.60. The van der Waals surface area contributed by atoms with Gasteiger partial charge in [-0.2, -0.15) is 0 Å². The number of carbonyl (C=O) groups excluding carboxylic acids is 4. The van der Waals surface area contributed by atoms with Crippen LogP contribution in [-0.4, -0.2) is 77.2 Å². The van der Waals surface area contributed by atoms with Crippen molar-refractivity contribution in [3.8, 4) is 0 Å². The molecule has 1 saturated heterocycles. The van der Waals surface area contributed by atoms with E-state index in [1.165, 1.54) is 4.90 Å². The number of aliphatic imine (C=N–C) groups is 1. The molecule has 1 rings (SSSR count). The molecule has 36 heavy (non-hydrogen) atoms. The van der Waals surface area contributed by atoms with Gasteiger partial charge in [-0.1, -0.05) is 26.7 Å². The van der Waals surface area contributed by atoms with E-state index in [0.717, 1.165) is 12.8 Å². The van der Waals surface area contributed by atoms with Gasteiger partial charge in [0.1, 0.15) is 18.4 Å². The molecule has 0 bridgehead atoms. The van der Waals surface area contributed by atoms with E-state index < -0.39 is 35.9 Å². The highest BCUT2D eigenvalue weighted by Crippen LogP contribution is 2.21. The van der Waals surface area contributed by atoms with E-state index in [0.29, 0.717) is 57.9 Å². The minimum Gasteiger partial charge on any atom is -0.481 e. The zero-order chi connectivity index (χ0) is 27.1. The van der Waals surface area contributed by atoms with Crippen molar-refractivity contribution in [2.45, 2.75) is 96.2 Å². The predicted octanol–water partition coefficient (Wildman–Crippen LogP) is 0.281. The van der Waals surface area contributed by atoms with Crippen LogP contribution in [0.1, 0.15) is 78.1 Å². The van der Waals surface area contributed by atoms with E-state index >= 15 is 0 Å². The van der Waals surface area contributed by atoms with Crippen LogP contribution < -0.4 is 22.1 Å². The van der Waals surface area contributed by atoms with Crippen molar-refractivity contribution in [3.63, 3.8) is 0 Å². The van der Waals surface area contributed by atoms with E-state index in [4.69, 9.17) is 16.6 Å². The van der Waals surface area contributed by atoms with Gasteiger partial charge in [0.15, 0.2) is 5.96 Å². The summed E-state index contributed by atoms with van der Waals surface area (Å²) in [6.07, 6.45) is 5.03. The van der Waals surface area contributed by atoms with Crippen LogP contribution >= 0.6 is 0 Å². The van der Waals surface area contributed by atoms with Crippen molar-refractivity contribution < 1.29 is 29.1 Å². The van der Waals surface area contributed by atoms with Gasteiger partial charge in [-0.25, -0.2) is 0 Å². The Morgan fingerprint density at radius 2 is 1.75 bits per heavy atom. The molecule has 1 fully saturated rings. The van der Waals surface area contributed by atoms with Crippen molar-refractivity contribution in [3.05, 3.63) is 0 Å². The lowest BCUT2D eigenvalue weighted by molar-refractivity contribution is -0.143. The number of carbonyl (C=O) groups is 5. The summed E-state index contributed by atoms with van der Waals surface area (Å²) in [5.41, 5.74) is 10.6. The van der Waals surface area contributed by atoms with Crippen LogP contribution in [-0.2, 0) is 24.0 Å². The average Bonchev–Trinajstić information content (AvgIpc) is 3.32. The molecule has 204 valence electrons. The third-order valence-corrected chi connectivity index (χ3v) is 6.20. The quantitative estimate of drug-likeness (QED) is 0.0795. The fraction of sp³-hybridized carbons (Fsp3) is 0.750. The standard InChI is InChI=1S/C24H42N6O6/c1-3-7-16(8-4-2)21(34)29-18(11-12-20(32)33)23(36)30-14-6-10-19(30)22(35)28-17(15-31)9-5-13-27-24(25)26/h15-19H,3-14H2,1-2H3,(H,28,35)(H,29,34)(H,32,33)(H4,25,26,27)/t17-,18-,19?/m0/s1. The molecule has 0 aromatic carbocycles. The lowest BCUT2D eigenvalue weighted by atomic mass is 9.96. The molecule has 7 N–H and O–H groups in total. The van der Waals surface area contributed by atoms with Gasteiger partial charge in [-0.3, -0.25) is 24.2 Å². The third-order valence-electron chi connectivity index (χ3n) is 6.20. The largest absolute Gasteiger partial charge is 0.481 e. The summed E-state index contributed by atoms with van der Waals surface area (Å²) < 4.78 is 0. The molecule has 12 nitrogen and oxygen atoms in total. The van der Waals surface area contributed by atoms with Crippen LogP contribution in [0.25, 0.3) is 0 Å². The lowest BCUT2D eigenvalue weighted by Gasteiger charge is -2.30. The minimum absolute atomic E-state index is 0.0537. The zero-order valence-electron chi connectivity index (χ0n) is 21.4. The highest BCUT2D eigenvalue weighted by Gasteiger charge is 2.38. The molecular formula is C24H42N6O6. The van der Waals surface area contributed by atoms with Crippen molar-refractivity contribution in [1.82, 2.24) is 15.5 Å². The number of likely N-dealkylation sites (tertiary alicyclic amines) is 1. The second-order valence-electron chi connectivity index (χ2n) is 9.16. The molecule has 3 amide bonds. The molecule has 0 spiro atoms. The Balaban J connectivity index is 2.90. The van der Waals surface area contributed by atoms with Gasteiger partial charge < -0.3 is 36.9 Å². The van der Waals surface area contributed by atoms with Gasteiger partial charge in [0.05, 0.1) is 6.04 Å². The molecule has 3 atom stereocenters. The molecule has 1 unspecified atom stereocenters. The van der Waals surface area contributed by atoms with Crippen molar-refractivity contribution in [1.29, 1.82) is 0 Å². The first-order valence-corrected chi connectivity index (χ1v) is 12.8. The predicted molar refractivity (Wildman–Crippen MR) is 135 cm³/mol. The van der Waals surface area contributed by atoms with E-state index in [9.17, 15) is 24.0 Å². The number of nitrogens with one attached hydrogen (secondary N) is 2. The summed E-state index contributed by atoms with van der Waals surface area (Å²) in [5.74, 6) is -2.61. The number of amides is 3. The Bertz CT molecular complexity index is 779. The Morgan fingerprint density at radius 3 is 2.31 bits per heavy atom. The Hall–Kier alpha value is -3.18. The fourth-order valence-corrected chi connectivity index (χ4v) is 4.39. The highest BCUT2D eigenvalue weighted by molar-refractivity contribution is 5.93. The van der Waals surface area contributed by atoms with Crippen LogP contribution in [0.3, 0.4) is 0 Å². The van der Waals surface area contributed by atoms with E-state index in [1.807, 2.05) is 13.8 Å². The Kier molecular flexibility index (Phi) is 14.1. The average molecular weight is 511 g/mol. The molecular weight excluding hydrogens is 468 g/mol. The summed E-state index contributed by atoms with van der Waals surface area (Å²) in [4.78, 5) is 67.1. The molecule has 0 aliphatic carbocycles. The monoisotopic (exact) mass is 510 g/mol. The van der Waals surface area contributed by atoms with Gasteiger partial charge in [-0.05, 0) is 44.9 Å². The number of nitrogens with zero attached hydrogens (tertiary/aromatic N) is 2. The SMILES string of the molecule is CCCC(CCC)C(=O)N[C@@H](CCC(=O)O)C(=O)N1CCCC1C(=O)N[C@H](C=O)CCCN=C(N)N. The number of nitrogens with two attached hydrogens (primary N) is 2. The van der Waals surface area contributed by atoms with Crippen LogP contribution in [0.4, 0.5) is 0 Å². The number of hydrogen-bond acceptors (Lipinski definition) is 6. The smallest absolute Gasteiger partial charge is 0.303 e. The molecule has 0 saturated carbocycles. The minimum atomic E-state index is -1.08. The van der Waals surface area contributed by atoms with Crippen LogP contribution in [0.5, 0.6) is 0 Å². The lowest BCUT2D eigenvalue weighted by Crippen LogP contribution is -2.55. The molecule has 1 aliphatic rings. The van der Waals surface area contributed by atoms with Crippen LogP contribution in [0.15, 0.2) is 4.99 Å². The van der Waals surface area contributed by atoms with E-state index in [2.05, 4.69) is 15.6 Å². The number of aldehydes is 1. The number of aliphatic carboxylic acids is 1. The van der Waals surface area contributed by atoms with Gasteiger partial charge in [-0.15, -0.1) is 0 Å². The third kappa shape index (κ3) is 10.6. The number of rotatable bonds is 17. The van der Waals surface area contributed by atoms with Crippen molar-refractivity contribution >= 4 is 35.9 Å². The summed E-state index contributed by atoms with van der Waals surface area (Å²) >= 11 is 0. The van der Waals surface area contributed by atoms with Crippen molar-refractivity contribution in [2.75, 3.05) is 13.1 Å². The number of guanidine groups is 1. The van der Waals surface area contributed by atoms with Gasteiger partial charge >= 0.3 is 5.97 Å². The Morgan fingerprint density at radius 1 is 1.08 bits per heavy atom. The molecule has 1 aliphatic heterocycles. The van der Waals surface area contributed by atoms with Crippen LogP contribution in [0.2, 0.25) is 0 Å². The zero-order valence-corrected chi connectivity index (χ0v) is 21.4. The number of carboxylic acid groups (broad SMARTS) is 1. The molecule has 12 heteroatoms. The maximum atomic E-state index is 13.4. The molecule has 0 aromatic heterocycles. The Labute approximate surface area is 212 Å². The van der Waals surface area contributed by atoms with Gasteiger partial charge in [0.2, 0.25) is 17.7 Å². The normalized spacial score (nSPS) is 16.8. The molecule has 0 aromatic rings. The summed E-state index contributed by atoms with van der Waals surface area (Å²) in [7, 11) is 0. The topological polar surface area (TPSA) is 197 Å². The maximum Gasteiger partial charge on any atom is 0.303 e. The van der Waals surface area contributed by atoms with Crippen LogP contribution in [0, 0.1) is 5.92 Å². The summed E-state index contributed by atoms with van der Waals surface area (Å²) in [5, 5.41) is 14.6. The first-order valence-electron chi connectivity index (χ1n) is 12.8. The fourth-order valence-electron chi connectivity index (χ4n) is 4.39. The first-order chi connectivity index (χ1) is 17.1.